The summed E-state index contributed by atoms with van der Waals surface area (Å²) < 4.78 is 10.3. The van der Waals surface area contributed by atoms with E-state index in [1.807, 2.05) is 0 Å². The molecule has 0 bridgehead atoms. The van der Waals surface area contributed by atoms with Crippen LogP contribution >= 0.6 is 0 Å². The Morgan fingerprint density at radius 2 is 2.00 bits per heavy atom. The fourth-order valence-corrected chi connectivity index (χ4v) is 2.17. The summed E-state index contributed by atoms with van der Waals surface area (Å²) in [6, 6.07) is 5.32. The average Bonchev–Trinajstić information content (AvgIpc) is 2.85. The van der Waals surface area contributed by atoms with Crippen molar-refractivity contribution < 1.29 is 19.1 Å². The lowest BCUT2D eigenvalue weighted by Gasteiger charge is -2.14. The van der Waals surface area contributed by atoms with Gasteiger partial charge in [0.1, 0.15) is 0 Å². The highest BCUT2D eigenvalue weighted by molar-refractivity contribution is 5.97. The van der Waals surface area contributed by atoms with Gasteiger partial charge >= 0.3 is 0 Å². The number of carbonyl (C=O) groups is 2. The number of rotatable bonds is 4. The lowest BCUT2D eigenvalue weighted by Crippen LogP contribution is -2.33. The first kappa shape index (κ1) is 13.4. The molecule has 1 aliphatic heterocycles. The Morgan fingerprint density at radius 1 is 1.26 bits per heavy atom. The molecule has 0 saturated carbocycles. The van der Waals surface area contributed by atoms with Crippen LogP contribution in [0.4, 0.5) is 0 Å². The zero-order valence-corrected chi connectivity index (χ0v) is 11.1. The second-order valence-electron chi connectivity index (χ2n) is 4.41. The summed E-state index contributed by atoms with van der Waals surface area (Å²) in [6.07, 6.45) is 1.43. The van der Waals surface area contributed by atoms with Gasteiger partial charge in [-0.3, -0.25) is 14.5 Å². The van der Waals surface area contributed by atoms with Crippen molar-refractivity contribution in [2.24, 2.45) is 0 Å². The number of carbonyl (C=O) groups excluding carboxylic acids is 2. The molecule has 19 heavy (non-hydrogen) atoms. The minimum absolute atomic E-state index is 0.0783. The molecule has 1 saturated heterocycles. The third-order valence-electron chi connectivity index (χ3n) is 3.18. The van der Waals surface area contributed by atoms with E-state index in [2.05, 4.69) is 0 Å². The van der Waals surface area contributed by atoms with E-state index in [9.17, 15) is 9.59 Å². The Kier molecular flexibility index (Phi) is 4.04. The molecule has 0 atom stereocenters. The van der Waals surface area contributed by atoms with E-state index in [4.69, 9.17) is 9.47 Å². The number of hydrogen-bond donors (Lipinski definition) is 0. The van der Waals surface area contributed by atoms with Crippen molar-refractivity contribution in [3.05, 3.63) is 23.8 Å². The summed E-state index contributed by atoms with van der Waals surface area (Å²) >= 11 is 0. The summed E-state index contributed by atoms with van der Waals surface area (Å²) in [6.45, 7) is 0.533. The Hall–Kier alpha value is -2.04. The number of likely N-dealkylation sites (tertiary alicyclic amines) is 1. The van der Waals surface area contributed by atoms with E-state index < -0.39 is 0 Å². The molecular formula is C14H17NO4. The van der Waals surface area contributed by atoms with Gasteiger partial charge in [-0.2, -0.15) is 0 Å². The van der Waals surface area contributed by atoms with Crippen molar-refractivity contribution in [2.45, 2.75) is 19.3 Å². The lowest BCUT2D eigenvalue weighted by molar-refractivity contribution is -0.141. The molecule has 0 N–H and O–H groups in total. The van der Waals surface area contributed by atoms with Gasteiger partial charge in [-0.1, -0.05) is 6.07 Å². The number of ether oxygens (including phenoxy) is 2. The van der Waals surface area contributed by atoms with Crippen molar-refractivity contribution in [2.75, 3.05) is 20.8 Å². The van der Waals surface area contributed by atoms with E-state index in [-0.39, 0.29) is 18.2 Å². The van der Waals surface area contributed by atoms with Crippen LogP contribution in [0.5, 0.6) is 11.5 Å². The van der Waals surface area contributed by atoms with Gasteiger partial charge < -0.3 is 9.47 Å². The Morgan fingerprint density at radius 3 is 2.58 bits per heavy atom. The highest BCUT2D eigenvalue weighted by Gasteiger charge is 2.26. The van der Waals surface area contributed by atoms with Crippen LogP contribution in [-0.4, -0.2) is 37.5 Å². The van der Waals surface area contributed by atoms with Gasteiger partial charge in [-0.25, -0.2) is 0 Å². The SMILES string of the molecule is COc1ccc(CC(=O)N2CCCC2=O)cc1OC. The molecule has 1 aromatic rings. The number of benzene rings is 1. The molecule has 2 rings (SSSR count). The van der Waals surface area contributed by atoms with Crippen molar-refractivity contribution in [3.8, 4) is 11.5 Å². The van der Waals surface area contributed by atoms with Crippen molar-refractivity contribution in [3.63, 3.8) is 0 Å². The Bertz CT molecular complexity index is 498. The van der Waals surface area contributed by atoms with Gasteiger partial charge in [-0.05, 0) is 24.1 Å². The second-order valence-corrected chi connectivity index (χ2v) is 4.41. The first-order valence-electron chi connectivity index (χ1n) is 6.20. The number of imide groups is 1. The predicted molar refractivity (Wildman–Crippen MR) is 69.2 cm³/mol. The van der Waals surface area contributed by atoms with Gasteiger partial charge in [0, 0.05) is 13.0 Å². The fourth-order valence-electron chi connectivity index (χ4n) is 2.17. The quantitative estimate of drug-likeness (QED) is 0.824. The summed E-state index contributed by atoms with van der Waals surface area (Å²) in [7, 11) is 3.11. The van der Waals surface area contributed by atoms with Gasteiger partial charge in [0.25, 0.3) is 0 Å². The van der Waals surface area contributed by atoms with Crippen LogP contribution in [0.3, 0.4) is 0 Å². The first-order chi connectivity index (χ1) is 9.15. The summed E-state index contributed by atoms with van der Waals surface area (Å²) in [4.78, 5) is 24.8. The zero-order valence-electron chi connectivity index (χ0n) is 11.1. The standard InChI is InChI=1S/C14H17NO4/c1-18-11-6-5-10(8-12(11)19-2)9-14(17)15-7-3-4-13(15)16/h5-6,8H,3-4,7,9H2,1-2H3. The van der Waals surface area contributed by atoms with Gasteiger partial charge in [0.05, 0.1) is 20.6 Å². The fraction of sp³-hybridized carbons (Fsp3) is 0.429. The van der Waals surface area contributed by atoms with E-state index in [1.54, 1.807) is 32.4 Å². The predicted octanol–water partition coefficient (Wildman–Crippen LogP) is 1.40. The van der Waals surface area contributed by atoms with Crippen LogP contribution < -0.4 is 9.47 Å². The molecule has 0 aromatic heterocycles. The monoisotopic (exact) mass is 263 g/mol. The number of nitrogens with zero attached hydrogens (tertiary/aromatic N) is 1. The van der Waals surface area contributed by atoms with E-state index >= 15 is 0 Å². The molecule has 1 aromatic carbocycles. The van der Waals surface area contributed by atoms with E-state index in [1.165, 1.54) is 4.90 Å². The molecule has 5 heteroatoms. The van der Waals surface area contributed by atoms with Crippen LogP contribution in [0.2, 0.25) is 0 Å². The highest BCUT2D eigenvalue weighted by Crippen LogP contribution is 2.28. The van der Waals surface area contributed by atoms with Gasteiger partial charge in [0.15, 0.2) is 11.5 Å². The molecule has 1 aliphatic rings. The average molecular weight is 263 g/mol. The van der Waals surface area contributed by atoms with Crippen molar-refractivity contribution in [1.29, 1.82) is 0 Å². The summed E-state index contributed by atoms with van der Waals surface area (Å²) in [5.74, 6) is 0.969. The highest BCUT2D eigenvalue weighted by atomic mass is 16.5. The van der Waals surface area contributed by atoms with Crippen LogP contribution in [-0.2, 0) is 16.0 Å². The minimum Gasteiger partial charge on any atom is -0.493 e. The minimum atomic E-state index is -0.158. The van der Waals surface area contributed by atoms with Crippen LogP contribution in [0.25, 0.3) is 0 Å². The zero-order chi connectivity index (χ0) is 13.8. The number of hydrogen-bond acceptors (Lipinski definition) is 4. The normalized spacial score (nSPS) is 14.6. The van der Waals surface area contributed by atoms with E-state index in [0.29, 0.717) is 24.5 Å². The molecule has 0 radical (unpaired) electrons. The smallest absolute Gasteiger partial charge is 0.233 e. The molecule has 2 amide bonds. The maximum absolute atomic E-state index is 12.0. The molecule has 5 nitrogen and oxygen atoms in total. The van der Waals surface area contributed by atoms with Gasteiger partial charge in [-0.15, -0.1) is 0 Å². The molecule has 1 fully saturated rings. The van der Waals surface area contributed by atoms with Crippen LogP contribution in [0.1, 0.15) is 18.4 Å². The number of methoxy groups -OCH3 is 2. The Balaban J connectivity index is 2.10. The van der Waals surface area contributed by atoms with Crippen molar-refractivity contribution in [1.82, 2.24) is 4.90 Å². The maximum atomic E-state index is 12.0. The molecule has 102 valence electrons. The second kappa shape index (κ2) is 5.73. The number of amides is 2. The lowest BCUT2D eigenvalue weighted by atomic mass is 10.1. The van der Waals surface area contributed by atoms with Crippen LogP contribution in [0, 0.1) is 0 Å². The third-order valence-corrected chi connectivity index (χ3v) is 3.18. The molecule has 1 heterocycles. The van der Waals surface area contributed by atoms with E-state index in [0.717, 1.165) is 12.0 Å². The molecule has 0 unspecified atom stereocenters. The topological polar surface area (TPSA) is 55.8 Å². The summed E-state index contributed by atoms with van der Waals surface area (Å²) in [5.41, 5.74) is 0.808. The Labute approximate surface area is 112 Å². The van der Waals surface area contributed by atoms with Crippen LogP contribution in [0.15, 0.2) is 18.2 Å². The third kappa shape index (κ3) is 2.86. The first-order valence-corrected chi connectivity index (χ1v) is 6.20. The molecular weight excluding hydrogens is 246 g/mol. The maximum Gasteiger partial charge on any atom is 0.233 e. The van der Waals surface area contributed by atoms with Crippen molar-refractivity contribution >= 4 is 11.8 Å². The molecule has 0 spiro atoms. The largest absolute Gasteiger partial charge is 0.493 e. The van der Waals surface area contributed by atoms with Gasteiger partial charge in [0.2, 0.25) is 11.8 Å². The summed E-state index contributed by atoms with van der Waals surface area (Å²) in [5, 5.41) is 0. The molecule has 0 aliphatic carbocycles.